The van der Waals surface area contributed by atoms with Crippen LogP contribution in [0.4, 0.5) is 0 Å². The lowest BCUT2D eigenvalue weighted by Crippen LogP contribution is -2.48. The van der Waals surface area contributed by atoms with Gasteiger partial charge < -0.3 is 10.2 Å². The van der Waals surface area contributed by atoms with E-state index in [1.807, 2.05) is 35.2 Å². The zero-order chi connectivity index (χ0) is 17.9. The van der Waals surface area contributed by atoms with Crippen LogP contribution in [-0.2, 0) is 4.79 Å². The largest absolute Gasteiger partial charge is 0.351 e. The third kappa shape index (κ3) is 3.21. The summed E-state index contributed by atoms with van der Waals surface area (Å²) in [6.07, 6.45) is 5.72. The number of benzene rings is 1. The summed E-state index contributed by atoms with van der Waals surface area (Å²) in [6.45, 7) is 0. The minimum atomic E-state index is -0.0539. The first-order valence-electron chi connectivity index (χ1n) is 9.32. The number of fused-ring (bicyclic) bond motifs is 1. The molecule has 3 heterocycles. The summed E-state index contributed by atoms with van der Waals surface area (Å²) in [6, 6.07) is 15.5. The highest BCUT2D eigenvalue weighted by atomic mass is 16.2. The summed E-state index contributed by atoms with van der Waals surface area (Å²) in [5.74, 6) is 0.0421. The SMILES string of the molecule is O=C1CCCC[C@H]2[C@@H](C[C@@H](c3ccccc3)N2C(=O)c2ccccn2)N1. The Hall–Kier alpha value is -2.69. The van der Waals surface area contributed by atoms with Gasteiger partial charge >= 0.3 is 0 Å². The van der Waals surface area contributed by atoms with E-state index in [0.29, 0.717) is 12.1 Å². The predicted molar refractivity (Wildman–Crippen MR) is 98.4 cm³/mol. The molecule has 1 aromatic heterocycles. The van der Waals surface area contributed by atoms with Gasteiger partial charge in [-0.2, -0.15) is 0 Å². The molecule has 4 rings (SSSR count). The molecule has 0 unspecified atom stereocenters. The lowest BCUT2D eigenvalue weighted by atomic mass is 9.97. The molecule has 26 heavy (non-hydrogen) atoms. The van der Waals surface area contributed by atoms with E-state index in [4.69, 9.17) is 0 Å². The molecule has 1 aromatic carbocycles. The van der Waals surface area contributed by atoms with Gasteiger partial charge in [-0.25, -0.2) is 0 Å². The van der Waals surface area contributed by atoms with Gasteiger partial charge in [0.1, 0.15) is 5.69 Å². The van der Waals surface area contributed by atoms with E-state index < -0.39 is 0 Å². The summed E-state index contributed by atoms with van der Waals surface area (Å²) in [5, 5.41) is 3.16. The summed E-state index contributed by atoms with van der Waals surface area (Å²) in [7, 11) is 0. The number of aromatic nitrogens is 1. The Morgan fingerprint density at radius 3 is 2.65 bits per heavy atom. The molecule has 3 atom stereocenters. The van der Waals surface area contributed by atoms with Crippen molar-refractivity contribution in [2.75, 3.05) is 0 Å². The average molecular weight is 349 g/mol. The molecule has 2 fully saturated rings. The standard InChI is InChI=1S/C21H23N3O2/c25-20-12-5-4-11-18-17(23-20)14-19(15-8-2-1-3-9-15)24(18)21(26)16-10-6-7-13-22-16/h1-3,6-10,13,17-19H,4-5,11-12,14H2,(H,23,25)/t17-,18+,19+/m1/s1. The molecule has 5 heteroatoms. The minimum absolute atomic E-state index is 0.000619. The molecule has 2 amide bonds. The van der Waals surface area contributed by atoms with Gasteiger partial charge in [-0.15, -0.1) is 0 Å². The Morgan fingerprint density at radius 2 is 1.88 bits per heavy atom. The zero-order valence-electron chi connectivity index (χ0n) is 14.7. The van der Waals surface area contributed by atoms with Crippen LogP contribution >= 0.6 is 0 Å². The predicted octanol–water partition coefficient (Wildman–Crippen LogP) is 3.10. The molecule has 134 valence electrons. The van der Waals surface area contributed by atoms with Gasteiger partial charge in [0.05, 0.1) is 18.1 Å². The van der Waals surface area contributed by atoms with Crippen LogP contribution in [0.15, 0.2) is 54.7 Å². The molecule has 5 nitrogen and oxygen atoms in total. The maximum atomic E-state index is 13.3. The quantitative estimate of drug-likeness (QED) is 0.906. The third-order valence-electron chi connectivity index (χ3n) is 5.44. The summed E-state index contributed by atoms with van der Waals surface area (Å²) >= 11 is 0. The van der Waals surface area contributed by atoms with Crippen LogP contribution < -0.4 is 5.32 Å². The topological polar surface area (TPSA) is 62.3 Å². The van der Waals surface area contributed by atoms with Crippen LogP contribution in [0.1, 0.15) is 54.2 Å². The fourth-order valence-corrected chi connectivity index (χ4v) is 4.24. The summed E-state index contributed by atoms with van der Waals surface area (Å²) in [5.41, 5.74) is 1.57. The first-order valence-corrected chi connectivity index (χ1v) is 9.32. The fourth-order valence-electron chi connectivity index (χ4n) is 4.24. The van der Waals surface area contributed by atoms with E-state index in [2.05, 4.69) is 22.4 Å². The van der Waals surface area contributed by atoms with Crippen molar-refractivity contribution in [2.45, 2.75) is 50.2 Å². The van der Waals surface area contributed by atoms with Crippen LogP contribution in [-0.4, -0.2) is 33.8 Å². The number of nitrogens with one attached hydrogen (secondary N) is 1. The van der Waals surface area contributed by atoms with Gasteiger partial charge in [0.2, 0.25) is 5.91 Å². The number of pyridine rings is 1. The van der Waals surface area contributed by atoms with Gasteiger partial charge in [0.25, 0.3) is 5.91 Å². The average Bonchev–Trinajstić information content (AvgIpc) is 3.01. The van der Waals surface area contributed by atoms with Gasteiger partial charge in [-0.05, 0) is 37.0 Å². The van der Waals surface area contributed by atoms with Crippen molar-refractivity contribution in [3.63, 3.8) is 0 Å². The second-order valence-corrected chi connectivity index (χ2v) is 7.08. The highest BCUT2D eigenvalue weighted by Crippen LogP contribution is 2.39. The van der Waals surface area contributed by atoms with Crippen molar-refractivity contribution in [1.82, 2.24) is 15.2 Å². The van der Waals surface area contributed by atoms with Crippen molar-refractivity contribution >= 4 is 11.8 Å². The molecule has 0 radical (unpaired) electrons. The van der Waals surface area contributed by atoms with E-state index in [0.717, 1.165) is 31.2 Å². The van der Waals surface area contributed by atoms with Gasteiger partial charge in [0, 0.05) is 12.6 Å². The van der Waals surface area contributed by atoms with E-state index in [1.165, 1.54) is 0 Å². The number of nitrogens with zero attached hydrogens (tertiary/aromatic N) is 2. The molecule has 0 spiro atoms. The second kappa shape index (κ2) is 7.28. The molecule has 0 bridgehead atoms. The Kier molecular flexibility index (Phi) is 4.69. The Labute approximate surface area is 153 Å². The first kappa shape index (κ1) is 16.8. The van der Waals surface area contributed by atoms with Gasteiger partial charge in [-0.3, -0.25) is 14.6 Å². The van der Waals surface area contributed by atoms with Crippen LogP contribution in [0, 0.1) is 0 Å². The number of carbonyl (C=O) groups is 2. The first-order chi connectivity index (χ1) is 12.7. The van der Waals surface area contributed by atoms with E-state index >= 15 is 0 Å². The Bertz CT molecular complexity index is 778. The molecule has 2 aliphatic rings. The van der Waals surface area contributed by atoms with E-state index in [1.54, 1.807) is 12.3 Å². The smallest absolute Gasteiger partial charge is 0.273 e. The highest BCUT2D eigenvalue weighted by Gasteiger charge is 2.45. The van der Waals surface area contributed by atoms with E-state index in [-0.39, 0.29) is 29.9 Å². The molecular formula is C21H23N3O2. The van der Waals surface area contributed by atoms with Crippen LogP contribution in [0.3, 0.4) is 0 Å². The molecule has 0 aliphatic carbocycles. The fraction of sp³-hybridized carbons (Fsp3) is 0.381. The summed E-state index contributed by atoms with van der Waals surface area (Å²) < 4.78 is 0. The number of hydrogen-bond acceptors (Lipinski definition) is 3. The third-order valence-corrected chi connectivity index (χ3v) is 5.44. The highest BCUT2D eigenvalue weighted by molar-refractivity contribution is 5.93. The number of carbonyl (C=O) groups excluding carboxylic acids is 2. The maximum Gasteiger partial charge on any atom is 0.273 e. The zero-order valence-corrected chi connectivity index (χ0v) is 14.7. The molecule has 2 aromatic rings. The number of hydrogen-bond donors (Lipinski definition) is 1. The molecular weight excluding hydrogens is 326 g/mol. The maximum absolute atomic E-state index is 13.3. The lowest BCUT2D eigenvalue weighted by Gasteiger charge is -2.33. The van der Waals surface area contributed by atoms with E-state index in [9.17, 15) is 9.59 Å². The van der Waals surface area contributed by atoms with Crippen molar-refractivity contribution < 1.29 is 9.59 Å². The van der Waals surface area contributed by atoms with Gasteiger partial charge in [-0.1, -0.05) is 42.8 Å². The van der Waals surface area contributed by atoms with Crippen molar-refractivity contribution in [1.29, 1.82) is 0 Å². The number of rotatable bonds is 2. The Morgan fingerprint density at radius 1 is 1.08 bits per heavy atom. The molecule has 1 N–H and O–H groups in total. The number of likely N-dealkylation sites (tertiary alicyclic amines) is 1. The van der Waals surface area contributed by atoms with Crippen molar-refractivity contribution in [2.24, 2.45) is 0 Å². The van der Waals surface area contributed by atoms with Crippen molar-refractivity contribution in [3.8, 4) is 0 Å². The lowest BCUT2D eigenvalue weighted by molar-refractivity contribution is -0.122. The van der Waals surface area contributed by atoms with Crippen LogP contribution in [0.5, 0.6) is 0 Å². The summed E-state index contributed by atoms with van der Waals surface area (Å²) in [4.78, 5) is 31.7. The molecule has 2 aliphatic heterocycles. The number of amides is 2. The van der Waals surface area contributed by atoms with Crippen LogP contribution in [0.25, 0.3) is 0 Å². The van der Waals surface area contributed by atoms with Gasteiger partial charge in [0.15, 0.2) is 0 Å². The monoisotopic (exact) mass is 349 g/mol. The second-order valence-electron chi connectivity index (χ2n) is 7.08. The Balaban J connectivity index is 1.72. The molecule has 2 saturated heterocycles. The van der Waals surface area contributed by atoms with Crippen LogP contribution in [0.2, 0.25) is 0 Å². The minimum Gasteiger partial charge on any atom is -0.351 e. The normalized spacial score (nSPS) is 25.8. The van der Waals surface area contributed by atoms with Crippen molar-refractivity contribution in [3.05, 3.63) is 66.0 Å². The molecule has 0 saturated carbocycles.